The smallest absolute Gasteiger partial charge is 0.242 e. The molecule has 0 aromatic heterocycles. The highest BCUT2D eigenvalue weighted by Gasteiger charge is 2.26. The van der Waals surface area contributed by atoms with Crippen LogP contribution in [-0.2, 0) is 16.1 Å². The van der Waals surface area contributed by atoms with Gasteiger partial charge >= 0.3 is 0 Å². The topological polar surface area (TPSA) is 49.4 Å². The molecule has 1 N–H and O–H groups in total. The molecule has 1 atom stereocenters. The van der Waals surface area contributed by atoms with Gasteiger partial charge in [-0.25, -0.2) is 0 Å². The molecule has 0 spiro atoms. The van der Waals surface area contributed by atoms with Gasteiger partial charge in [0.05, 0.1) is 5.75 Å². The quantitative estimate of drug-likeness (QED) is 0.526. The Morgan fingerprint density at radius 3 is 2.07 bits per heavy atom. The van der Waals surface area contributed by atoms with E-state index in [1.165, 1.54) is 11.8 Å². The molecule has 2 aromatic carbocycles. The zero-order valence-corrected chi connectivity index (χ0v) is 19.2. The van der Waals surface area contributed by atoms with Crippen LogP contribution in [0, 0.1) is 5.92 Å². The molecule has 29 heavy (non-hydrogen) atoms. The Hall–Kier alpha value is -1.69. The fourth-order valence-corrected chi connectivity index (χ4v) is 3.62. The van der Waals surface area contributed by atoms with Gasteiger partial charge in [0.1, 0.15) is 6.04 Å². The Labute approximate surface area is 187 Å². The minimum absolute atomic E-state index is 0.105. The van der Waals surface area contributed by atoms with Gasteiger partial charge in [0.15, 0.2) is 0 Å². The van der Waals surface area contributed by atoms with Crippen LogP contribution in [-0.4, -0.2) is 35.1 Å². The largest absolute Gasteiger partial charge is 0.354 e. The first-order chi connectivity index (χ1) is 13.8. The van der Waals surface area contributed by atoms with Crippen LogP contribution >= 0.6 is 35.0 Å². The maximum atomic E-state index is 13.0. The highest BCUT2D eigenvalue weighted by molar-refractivity contribution is 8.00. The lowest BCUT2D eigenvalue weighted by atomic mass is 10.1. The molecule has 0 radical (unpaired) electrons. The van der Waals surface area contributed by atoms with E-state index in [4.69, 9.17) is 23.2 Å². The van der Waals surface area contributed by atoms with Gasteiger partial charge in [0, 0.05) is 28.0 Å². The second kappa shape index (κ2) is 11.5. The SMILES string of the molecule is CC(C)CNC(=O)[C@@H](C)N(Cc1ccc(Cl)cc1)C(=O)CSc1ccc(Cl)cc1. The van der Waals surface area contributed by atoms with Crippen molar-refractivity contribution in [3.8, 4) is 0 Å². The van der Waals surface area contributed by atoms with Crippen LogP contribution < -0.4 is 5.32 Å². The molecule has 0 fully saturated rings. The van der Waals surface area contributed by atoms with Crippen LogP contribution in [0.15, 0.2) is 53.4 Å². The molecule has 4 nitrogen and oxygen atoms in total. The fourth-order valence-electron chi connectivity index (χ4n) is 2.58. The number of carbonyl (C=O) groups excluding carboxylic acids is 2. The zero-order valence-electron chi connectivity index (χ0n) is 16.8. The lowest BCUT2D eigenvalue weighted by Gasteiger charge is -2.29. The standard InChI is InChI=1S/C22H26Cl2N2O2S/c1-15(2)12-25-22(28)16(3)26(13-17-4-6-18(23)7-5-17)21(27)14-29-20-10-8-19(24)9-11-20/h4-11,15-16H,12-14H2,1-3H3,(H,25,28)/t16-/m1/s1. The maximum absolute atomic E-state index is 13.0. The van der Waals surface area contributed by atoms with Gasteiger partial charge in [0.2, 0.25) is 11.8 Å². The number of hydrogen-bond acceptors (Lipinski definition) is 3. The predicted molar refractivity (Wildman–Crippen MR) is 121 cm³/mol. The first-order valence-corrected chi connectivity index (χ1v) is 11.2. The van der Waals surface area contributed by atoms with Crippen LogP contribution in [0.1, 0.15) is 26.3 Å². The molecular formula is C22H26Cl2N2O2S. The van der Waals surface area contributed by atoms with E-state index in [1.807, 2.05) is 38.1 Å². The minimum atomic E-state index is -0.581. The fraction of sp³-hybridized carbons (Fsp3) is 0.364. The minimum Gasteiger partial charge on any atom is -0.354 e. The number of hydrogen-bond donors (Lipinski definition) is 1. The molecule has 7 heteroatoms. The van der Waals surface area contributed by atoms with Crippen molar-refractivity contribution in [2.75, 3.05) is 12.3 Å². The van der Waals surface area contributed by atoms with E-state index in [-0.39, 0.29) is 17.6 Å². The molecule has 156 valence electrons. The van der Waals surface area contributed by atoms with E-state index in [0.29, 0.717) is 29.1 Å². The average Bonchev–Trinajstić information content (AvgIpc) is 2.70. The van der Waals surface area contributed by atoms with Gasteiger partial charge in [0.25, 0.3) is 0 Å². The van der Waals surface area contributed by atoms with Crippen molar-refractivity contribution in [2.24, 2.45) is 5.92 Å². The van der Waals surface area contributed by atoms with Crippen molar-refractivity contribution in [2.45, 2.75) is 38.3 Å². The average molecular weight is 453 g/mol. The number of rotatable bonds is 9. The molecule has 0 aliphatic carbocycles. The van der Waals surface area contributed by atoms with E-state index in [2.05, 4.69) is 5.32 Å². The third kappa shape index (κ3) is 7.92. The molecule has 0 aliphatic heterocycles. The normalized spacial score (nSPS) is 11.9. The first-order valence-electron chi connectivity index (χ1n) is 9.46. The highest BCUT2D eigenvalue weighted by atomic mass is 35.5. The number of thioether (sulfide) groups is 1. The molecule has 2 rings (SSSR count). The lowest BCUT2D eigenvalue weighted by Crippen LogP contribution is -2.48. The van der Waals surface area contributed by atoms with E-state index < -0.39 is 6.04 Å². The monoisotopic (exact) mass is 452 g/mol. The summed E-state index contributed by atoms with van der Waals surface area (Å²) in [6, 6.07) is 14.1. The summed E-state index contributed by atoms with van der Waals surface area (Å²) >= 11 is 13.3. The number of amides is 2. The molecule has 0 saturated heterocycles. The van der Waals surface area contributed by atoms with Gasteiger partial charge < -0.3 is 10.2 Å². The summed E-state index contributed by atoms with van der Waals surface area (Å²) in [4.78, 5) is 28.2. The highest BCUT2D eigenvalue weighted by Crippen LogP contribution is 2.22. The summed E-state index contributed by atoms with van der Waals surface area (Å²) in [6.45, 7) is 6.74. The van der Waals surface area contributed by atoms with Crippen LogP contribution in [0.5, 0.6) is 0 Å². The van der Waals surface area contributed by atoms with Gasteiger partial charge in [-0.3, -0.25) is 9.59 Å². The summed E-state index contributed by atoms with van der Waals surface area (Å²) in [5.41, 5.74) is 0.919. The van der Waals surface area contributed by atoms with Gasteiger partial charge in [-0.1, -0.05) is 49.2 Å². The number of nitrogens with one attached hydrogen (secondary N) is 1. The summed E-state index contributed by atoms with van der Waals surface area (Å²) < 4.78 is 0. The molecular weight excluding hydrogens is 427 g/mol. The van der Waals surface area contributed by atoms with E-state index in [0.717, 1.165) is 10.5 Å². The molecule has 0 aliphatic rings. The Balaban J connectivity index is 2.10. The Morgan fingerprint density at radius 2 is 1.52 bits per heavy atom. The first kappa shape index (κ1) is 23.6. The number of benzene rings is 2. The van der Waals surface area contributed by atoms with Crippen LogP contribution in [0.3, 0.4) is 0 Å². The summed E-state index contributed by atoms with van der Waals surface area (Å²) in [5.74, 6) is 0.313. The van der Waals surface area contributed by atoms with Crippen molar-refractivity contribution in [3.63, 3.8) is 0 Å². The van der Waals surface area contributed by atoms with E-state index in [1.54, 1.807) is 36.1 Å². The van der Waals surface area contributed by atoms with E-state index >= 15 is 0 Å². The molecule has 0 heterocycles. The van der Waals surface area contributed by atoms with Gasteiger partial charge in [-0.15, -0.1) is 11.8 Å². The van der Waals surface area contributed by atoms with Crippen molar-refractivity contribution in [1.82, 2.24) is 10.2 Å². The number of halogens is 2. The van der Waals surface area contributed by atoms with E-state index in [9.17, 15) is 9.59 Å². The van der Waals surface area contributed by atoms with Crippen molar-refractivity contribution >= 4 is 46.8 Å². The van der Waals surface area contributed by atoms with Crippen LogP contribution in [0.25, 0.3) is 0 Å². The van der Waals surface area contributed by atoms with Crippen LogP contribution in [0.4, 0.5) is 0 Å². The second-order valence-electron chi connectivity index (χ2n) is 7.21. The Kier molecular flexibility index (Phi) is 9.34. The Bertz CT molecular complexity index is 811. The molecule has 0 saturated carbocycles. The van der Waals surface area contributed by atoms with Crippen molar-refractivity contribution in [3.05, 3.63) is 64.1 Å². The molecule has 2 aromatic rings. The van der Waals surface area contributed by atoms with Crippen molar-refractivity contribution in [1.29, 1.82) is 0 Å². The molecule has 0 unspecified atom stereocenters. The molecule has 0 bridgehead atoms. The predicted octanol–water partition coefficient (Wildman–Crippen LogP) is 5.28. The van der Waals surface area contributed by atoms with Gasteiger partial charge in [-0.05, 0) is 54.8 Å². The lowest BCUT2D eigenvalue weighted by molar-refractivity contribution is -0.138. The number of nitrogens with zero attached hydrogens (tertiary/aromatic N) is 1. The summed E-state index contributed by atoms with van der Waals surface area (Å²) in [5, 5.41) is 4.20. The third-order valence-electron chi connectivity index (χ3n) is 4.29. The number of carbonyl (C=O) groups is 2. The third-order valence-corrected chi connectivity index (χ3v) is 5.79. The summed E-state index contributed by atoms with van der Waals surface area (Å²) in [7, 11) is 0. The van der Waals surface area contributed by atoms with Crippen LogP contribution in [0.2, 0.25) is 10.0 Å². The van der Waals surface area contributed by atoms with Gasteiger partial charge in [-0.2, -0.15) is 0 Å². The summed E-state index contributed by atoms with van der Waals surface area (Å²) in [6.07, 6.45) is 0. The molecule has 2 amide bonds. The zero-order chi connectivity index (χ0) is 21.4. The maximum Gasteiger partial charge on any atom is 0.242 e. The Morgan fingerprint density at radius 1 is 0.966 bits per heavy atom. The van der Waals surface area contributed by atoms with Crippen molar-refractivity contribution < 1.29 is 9.59 Å². The second-order valence-corrected chi connectivity index (χ2v) is 9.13.